The van der Waals surface area contributed by atoms with E-state index in [4.69, 9.17) is 5.11 Å². The summed E-state index contributed by atoms with van der Waals surface area (Å²) in [5.41, 5.74) is 2.56. The third-order valence-corrected chi connectivity index (χ3v) is 1.88. The number of nitrogens with zero attached hydrogens (tertiary/aromatic N) is 1. The molecule has 1 aliphatic rings. The number of piperidine rings is 1. The number of hydrogen-bond donors (Lipinski definition) is 2. The first-order chi connectivity index (χ1) is 5.70. The molecule has 0 aromatic rings. The van der Waals surface area contributed by atoms with E-state index in [1.807, 2.05) is 5.01 Å². The molecule has 0 aromatic carbocycles. The van der Waals surface area contributed by atoms with E-state index >= 15 is 0 Å². The summed E-state index contributed by atoms with van der Waals surface area (Å²) >= 11 is 0. The van der Waals surface area contributed by atoms with Crippen LogP contribution in [0.2, 0.25) is 0 Å². The van der Waals surface area contributed by atoms with Crippen molar-refractivity contribution in [2.75, 3.05) is 13.1 Å². The Labute approximate surface area is 71.8 Å². The molecular weight excluding hydrogens is 156 g/mol. The minimum Gasteiger partial charge on any atom is -0.503 e. The SMILES string of the molecule is C=C(O)C(=O)NN1CCCCC1. The molecule has 12 heavy (non-hydrogen) atoms. The third-order valence-electron chi connectivity index (χ3n) is 1.88. The highest BCUT2D eigenvalue weighted by molar-refractivity contribution is 5.89. The predicted octanol–water partition coefficient (Wildman–Crippen LogP) is 0.575. The van der Waals surface area contributed by atoms with Crippen molar-refractivity contribution >= 4 is 5.91 Å². The largest absolute Gasteiger partial charge is 0.503 e. The number of carbonyl (C=O) groups is 1. The zero-order valence-electron chi connectivity index (χ0n) is 7.05. The molecule has 4 nitrogen and oxygen atoms in total. The lowest BCUT2D eigenvalue weighted by Crippen LogP contribution is -2.45. The molecule has 4 heteroatoms. The fourth-order valence-electron chi connectivity index (χ4n) is 1.21. The van der Waals surface area contributed by atoms with Crippen LogP contribution in [0.3, 0.4) is 0 Å². The summed E-state index contributed by atoms with van der Waals surface area (Å²) in [6.07, 6.45) is 3.41. The molecule has 68 valence electrons. The Morgan fingerprint density at radius 2 is 1.92 bits per heavy atom. The Bertz CT molecular complexity index is 185. The normalized spacial score (nSPS) is 18.7. The van der Waals surface area contributed by atoms with E-state index in [-0.39, 0.29) is 0 Å². The molecule has 0 spiro atoms. The van der Waals surface area contributed by atoms with Crippen molar-refractivity contribution < 1.29 is 9.90 Å². The van der Waals surface area contributed by atoms with Crippen LogP contribution in [-0.2, 0) is 4.79 Å². The summed E-state index contributed by atoms with van der Waals surface area (Å²) in [5, 5.41) is 10.5. The Balaban J connectivity index is 2.29. The summed E-state index contributed by atoms with van der Waals surface area (Å²) in [6.45, 7) is 4.86. The van der Waals surface area contributed by atoms with Gasteiger partial charge in [0.05, 0.1) is 0 Å². The molecule has 1 aliphatic heterocycles. The molecule has 1 fully saturated rings. The van der Waals surface area contributed by atoms with Gasteiger partial charge in [-0.05, 0) is 12.8 Å². The van der Waals surface area contributed by atoms with Crippen molar-refractivity contribution in [3.8, 4) is 0 Å². The van der Waals surface area contributed by atoms with Crippen LogP contribution in [0, 0.1) is 0 Å². The van der Waals surface area contributed by atoms with Gasteiger partial charge in [0.15, 0.2) is 5.76 Å². The molecule has 0 saturated carbocycles. The molecule has 0 aromatic heterocycles. The molecule has 1 rings (SSSR count). The number of nitrogens with one attached hydrogen (secondary N) is 1. The number of amides is 1. The number of aliphatic hydroxyl groups is 1. The first kappa shape index (κ1) is 9.06. The summed E-state index contributed by atoms with van der Waals surface area (Å²) in [6, 6.07) is 0. The number of carbonyl (C=O) groups excluding carboxylic acids is 1. The molecule has 1 amide bonds. The van der Waals surface area contributed by atoms with Crippen molar-refractivity contribution in [2.24, 2.45) is 0 Å². The van der Waals surface area contributed by atoms with Gasteiger partial charge in [0.2, 0.25) is 0 Å². The van der Waals surface area contributed by atoms with Crippen molar-refractivity contribution in [3.63, 3.8) is 0 Å². The summed E-state index contributed by atoms with van der Waals surface area (Å²) < 4.78 is 0. The molecule has 1 heterocycles. The second-order valence-electron chi connectivity index (χ2n) is 2.94. The average Bonchev–Trinajstić information content (AvgIpc) is 2.06. The highest BCUT2D eigenvalue weighted by Gasteiger charge is 2.13. The van der Waals surface area contributed by atoms with Gasteiger partial charge < -0.3 is 5.11 Å². The minimum atomic E-state index is -0.503. The molecule has 0 atom stereocenters. The van der Waals surface area contributed by atoms with Crippen LogP contribution in [-0.4, -0.2) is 29.1 Å². The van der Waals surface area contributed by atoms with Crippen LogP contribution < -0.4 is 5.43 Å². The minimum absolute atomic E-state index is 0.430. The fourth-order valence-corrected chi connectivity index (χ4v) is 1.21. The van der Waals surface area contributed by atoms with Crippen LogP contribution in [0.25, 0.3) is 0 Å². The number of aliphatic hydroxyl groups excluding tert-OH is 1. The lowest BCUT2D eigenvalue weighted by atomic mass is 10.2. The second-order valence-corrected chi connectivity index (χ2v) is 2.94. The van der Waals surface area contributed by atoms with Crippen LogP contribution in [0.4, 0.5) is 0 Å². The molecule has 2 N–H and O–H groups in total. The Hall–Kier alpha value is -1.03. The smallest absolute Gasteiger partial charge is 0.299 e. The highest BCUT2D eigenvalue weighted by atomic mass is 16.3. The summed E-state index contributed by atoms with van der Waals surface area (Å²) in [5.74, 6) is -0.933. The first-order valence-electron chi connectivity index (χ1n) is 4.14. The summed E-state index contributed by atoms with van der Waals surface area (Å²) in [4.78, 5) is 10.9. The Morgan fingerprint density at radius 3 is 2.42 bits per heavy atom. The van der Waals surface area contributed by atoms with Crippen LogP contribution in [0.15, 0.2) is 12.3 Å². The number of hydrogen-bond acceptors (Lipinski definition) is 3. The molecular formula is C8H14N2O2. The Kier molecular flexibility index (Phi) is 3.10. The van der Waals surface area contributed by atoms with E-state index in [0.29, 0.717) is 0 Å². The van der Waals surface area contributed by atoms with Gasteiger partial charge >= 0.3 is 0 Å². The van der Waals surface area contributed by atoms with Crippen LogP contribution in [0.1, 0.15) is 19.3 Å². The zero-order chi connectivity index (χ0) is 8.97. The van der Waals surface area contributed by atoms with Gasteiger partial charge in [0.25, 0.3) is 5.91 Å². The van der Waals surface area contributed by atoms with Gasteiger partial charge in [-0.1, -0.05) is 13.0 Å². The number of rotatable bonds is 2. The zero-order valence-corrected chi connectivity index (χ0v) is 7.05. The van der Waals surface area contributed by atoms with Gasteiger partial charge in [-0.25, -0.2) is 5.01 Å². The fraction of sp³-hybridized carbons (Fsp3) is 0.625. The van der Waals surface area contributed by atoms with Gasteiger partial charge in [0.1, 0.15) is 0 Å². The van der Waals surface area contributed by atoms with E-state index in [9.17, 15) is 4.79 Å². The van der Waals surface area contributed by atoms with Gasteiger partial charge in [-0.2, -0.15) is 0 Å². The van der Waals surface area contributed by atoms with E-state index in [1.54, 1.807) is 0 Å². The standard InChI is InChI=1S/C8H14N2O2/c1-7(11)8(12)9-10-5-3-2-4-6-10/h11H,1-6H2,(H,9,12). The van der Waals surface area contributed by atoms with Crippen molar-refractivity contribution in [2.45, 2.75) is 19.3 Å². The lowest BCUT2D eigenvalue weighted by Gasteiger charge is -2.26. The molecule has 0 radical (unpaired) electrons. The van der Waals surface area contributed by atoms with Crippen molar-refractivity contribution in [3.05, 3.63) is 12.3 Å². The lowest BCUT2D eigenvalue weighted by molar-refractivity contribution is -0.125. The van der Waals surface area contributed by atoms with E-state index in [2.05, 4.69) is 12.0 Å². The van der Waals surface area contributed by atoms with Crippen molar-refractivity contribution in [1.82, 2.24) is 10.4 Å². The van der Waals surface area contributed by atoms with E-state index < -0.39 is 11.7 Å². The number of hydrazine groups is 1. The maximum atomic E-state index is 10.9. The van der Waals surface area contributed by atoms with Crippen molar-refractivity contribution in [1.29, 1.82) is 0 Å². The van der Waals surface area contributed by atoms with Gasteiger partial charge in [0, 0.05) is 13.1 Å². The Morgan fingerprint density at radius 1 is 1.33 bits per heavy atom. The van der Waals surface area contributed by atoms with Gasteiger partial charge in [-0.15, -0.1) is 0 Å². The maximum Gasteiger partial charge on any atom is 0.299 e. The molecule has 0 aliphatic carbocycles. The topological polar surface area (TPSA) is 52.6 Å². The van der Waals surface area contributed by atoms with Gasteiger partial charge in [-0.3, -0.25) is 10.2 Å². The second kappa shape index (κ2) is 4.11. The molecule has 1 saturated heterocycles. The third kappa shape index (κ3) is 2.54. The van der Waals surface area contributed by atoms with E-state index in [0.717, 1.165) is 25.9 Å². The van der Waals surface area contributed by atoms with Crippen LogP contribution in [0.5, 0.6) is 0 Å². The average molecular weight is 170 g/mol. The summed E-state index contributed by atoms with van der Waals surface area (Å²) in [7, 11) is 0. The highest BCUT2D eigenvalue weighted by Crippen LogP contribution is 2.05. The predicted molar refractivity (Wildman–Crippen MR) is 45.3 cm³/mol. The van der Waals surface area contributed by atoms with Crippen LogP contribution >= 0.6 is 0 Å². The first-order valence-corrected chi connectivity index (χ1v) is 4.14. The molecule has 0 unspecified atom stereocenters. The monoisotopic (exact) mass is 170 g/mol. The molecule has 0 bridgehead atoms. The quantitative estimate of drug-likeness (QED) is 0.470. The van der Waals surface area contributed by atoms with E-state index in [1.165, 1.54) is 6.42 Å². The maximum absolute atomic E-state index is 10.9.